The van der Waals surface area contributed by atoms with Crippen LogP contribution in [0.3, 0.4) is 0 Å². The molecule has 0 aromatic heterocycles. The quantitative estimate of drug-likeness (QED) is 0.769. The summed E-state index contributed by atoms with van der Waals surface area (Å²) in [6.45, 7) is 6.21. The molecule has 1 aliphatic rings. The molecule has 0 aliphatic carbocycles. The van der Waals surface area contributed by atoms with E-state index in [0.29, 0.717) is 12.2 Å². The van der Waals surface area contributed by atoms with Gasteiger partial charge in [-0.25, -0.2) is 12.8 Å². The first-order valence-electron chi connectivity index (χ1n) is 9.93. The highest BCUT2D eigenvalue weighted by Gasteiger charge is 2.33. The molecule has 1 heterocycles. The van der Waals surface area contributed by atoms with Crippen LogP contribution >= 0.6 is 0 Å². The zero-order valence-corrected chi connectivity index (χ0v) is 17.9. The van der Waals surface area contributed by atoms with Crippen LogP contribution in [-0.2, 0) is 10.0 Å². The monoisotopic (exact) mass is 418 g/mol. The van der Waals surface area contributed by atoms with E-state index in [1.54, 1.807) is 12.1 Å². The lowest BCUT2D eigenvalue weighted by atomic mass is 10.0. The van der Waals surface area contributed by atoms with Crippen molar-refractivity contribution in [2.24, 2.45) is 0 Å². The zero-order valence-electron chi connectivity index (χ0n) is 17.0. The predicted molar refractivity (Wildman–Crippen MR) is 112 cm³/mol. The normalized spacial score (nSPS) is 17.9. The highest BCUT2D eigenvalue weighted by atomic mass is 32.2. The summed E-state index contributed by atoms with van der Waals surface area (Å²) in [4.78, 5) is 12.6. The van der Waals surface area contributed by atoms with Crippen LogP contribution in [0.2, 0.25) is 0 Å². The van der Waals surface area contributed by atoms with Crippen molar-refractivity contribution in [1.82, 2.24) is 4.31 Å². The van der Waals surface area contributed by atoms with Gasteiger partial charge in [0.1, 0.15) is 5.82 Å². The van der Waals surface area contributed by atoms with Crippen LogP contribution in [0.5, 0.6) is 0 Å². The molecule has 1 atom stereocenters. The summed E-state index contributed by atoms with van der Waals surface area (Å²) in [7, 11) is -3.80. The van der Waals surface area contributed by atoms with Gasteiger partial charge < -0.3 is 5.32 Å². The Morgan fingerprint density at radius 1 is 1.14 bits per heavy atom. The van der Waals surface area contributed by atoms with E-state index < -0.39 is 21.7 Å². The zero-order chi connectivity index (χ0) is 21.2. The maximum absolute atomic E-state index is 14.4. The van der Waals surface area contributed by atoms with Crippen molar-refractivity contribution in [3.63, 3.8) is 0 Å². The molecule has 2 aromatic carbocycles. The molecule has 0 spiro atoms. The number of amides is 1. The molecular weight excluding hydrogens is 391 g/mol. The Morgan fingerprint density at radius 3 is 2.48 bits per heavy atom. The standard InChI is InChI=1S/C22H27FN2O3S/c1-4-18-7-5-6-10-25(18)29(27,28)19-8-9-21(23)20(14-19)22(26)24-17-12-15(2)11-16(3)13-17/h8-9,11-14,18H,4-7,10H2,1-3H3,(H,24,26)/t18-/m0/s1. The van der Waals surface area contributed by atoms with Crippen molar-refractivity contribution < 1.29 is 17.6 Å². The Labute approximate surface area is 172 Å². The molecule has 0 saturated carbocycles. The fraction of sp³-hybridized carbons (Fsp3) is 0.409. The average molecular weight is 419 g/mol. The van der Waals surface area contributed by atoms with Crippen molar-refractivity contribution in [3.05, 3.63) is 58.9 Å². The van der Waals surface area contributed by atoms with E-state index in [-0.39, 0.29) is 16.5 Å². The number of nitrogens with one attached hydrogen (secondary N) is 1. The molecule has 0 radical (unpaired) electrons. The summed E-state index contributed by atoms with van der Waals surface area (Å²) in [5, 5.41) is 2.67. The van der Waals surface area contributed by atoms with Crippen LogP contribution in [-0.4, -0.2) is 31.2 Å². The molecular formula is C22H27FN2O3S. The number of carbonyl (C=O) groups excluding carboxylic acids is 1. The van der Waals surface area contributed by atoms with Crippen molar-refractivity contribution in [3.8, 4) is 0 Å². The van der Waals surface area contributed by atoms with Gasteiger partial charge >= 0.3 is 0 Å². The van der Waals surface area contributed by atoms with E-state index in [0.717, 1.165) is 48.9 Å². The molecule has 29 heavy (non-hydrogen) atoms. The second-order valence-corrected chi connectivity index (χ2v) is 9.54. The van der Waals surface area contributed by atoms with E-state index in [9.17, 15) is 17.6 Å². The van der Waals surface area contributed by atoms with Gasteiger partial charge in [-0.05, 0) is 74.6 Å². The summed E-state index contributed by atoms with van der Waals surface area (Å²) in [5.41, 5.74) is 2.19. The highest BCUT2D eigenvalue weighted by Crippen LogP contribution is 2.28. The number of anilines is 1. The third-order valence-electron chi connectivity index (χ3n) is 5.31. The van der Waals surface area contributed by atoms with Crippen LogP contribution in [0.15, 0.2) is 41.3 Å². The number of sulfonamides is 1. The number of nitrogens with zero attached hydrogens (tertiary/aromatic N) is 1. The minimum Gasteiger partial charge on any atom is -0.322 e. The largest absolute Gasteiger partial charge is 0.322 e. The summed E-state index contributed by atoms with van der Waals surface area (Å²) < 4.78 is 42.2. The second-order valence-electron chi connectivity index (χ2n) is 7.65. The number of piperidine rings is 1. The van der Waals surface area contributed by atoms with Gasteiger partial charge in [-0.1, -0.05) is 19.4 Å². The van der Waals surface area contributed by atoms with Gasteiger partial charge in [-0.15, -0.1) is 0 Å². The smallest absolute Gasteiger partial charge is 0.258 e. The molecule has 1 aliphatic heterocycles. The molecule has 2 aromatic rings. The number of rotatable bonds is 5. The molecule has 1 saturated heterocycles. The fourth-order valence-electron chi connectivity index (χ4n) is 3.92. The number of carbonyl (C=O) groups is 1. The van der Waals surface area contributed by atoms with Gasteiger partial charge in [-0.3, -0.25) is 4.79 Å². The number of hydrogen-bond acceptors (Lipinski definition) is 3. The van der Waals surface area contributed by atoms with E-state index in [2.05, 4.69) is 5.32 Å². The molecule has 1 amide bonds. The Morgan fingerprint density at radius 2 is 1.83 bits per heavy atom. The van der Waals surface area contributed by atoms with Crippen LogP contribution in [0, 0.1) is 19.7 Å². The van der Waals surface area contributed by atoms with Crippen LogP contribution in [0.25, 0.3) is 0 Å². The average Bonchev–Trinajstić information content (AvgIpc) is 2.67. The molecule has 7 heteroatoms. The minimum atomic E-state index is -3.80. The lowest BCUT2D eigenvalue weighted by Crippen LogP contribution is -2.43. The molecule has 3 rings (SSSR count). The first kappa shape index (κ1) is 21.5. The summed E-state index contributed by atoms with van der Waals surface area (Å²) in [6, 6.07) is 8.89. The Hall–Kier alpha value is -2.25. The van der Waals surface area contributed by atoms with Crippen LogP contribution in [0.4, 0.5) is 10.1 Å². The van der Waals surface area contributed by atoms with E-state index >= 15 is 0 Å². The van der Waals surface area contributed by atoms with Crippen molar-refractivity contribution >= 4 is 21.6 Å². The first-order chi connectivity index (χ1) is 13.7. The van der Waals surface area contributed by atoms with Gasteiger partial charge in [0.25, 0.3) is 5.91 Å². The maximum atomic E-state index is 14.4. The molecule has 1 N–H and O–H groups in total. The Kier molecular flexibility index (Phi) is 6.39. The predicted octanol–water partition coefficient (Wildman–Crippen LogP) is 4.65. The third-order valence-corrected chi connectivity index (χ3v) is 7.26. The lowest BCUT2D eigenvalue weighted by Gasteiger charge is -2.34. The molecule has 156 valence electrons. The van der Waals surface area contributed by atoms with Gasteiger partial charge in [0, 0.05) is 18.3 Å². The number of aryl methyl sites for hydroxylation is 2. The SMILES string of the molecule is CC[C@H]1CCCCN1S(=O)(=O)c1ccc(F)c(C(=O)Nc2cc(C)cc(C)c2)c1. The minimum absolute atomic E-state index is 0.0511. The number of halogens is 1. The Bertz CT molecular complexity index is 1000. The number of benzene rings is 2. The van der Waals surface area contributed by atoms with E-state index in [1.807, 2.05) is 26.8 Å². The molecule has 0 bridgehead atoms. The second kappa shape index (κ2) is 8.63. The topological polar surface area (TPSA) is 66.5 Å². The van der Waals surface area contributed by atoms with E-state index in [4.69, 9.17) is 0 Å². The lowest BCUT2D eigenvalue weighted by molar-refractivity contribution is 0.102. The molecule has 1 fully saturated rings. The first-order valence-corrected chi connectivity index (χ1v) is 11.4. The molecule has 5 nitrogen and oxygen atoms in total. The fourth-order valence-corrected chi connectivity index (χ4v) is 5.71. The van der Waals surface area contributed by atoms with Crippen molar-refractivity contribution in [2.75, 3.05) is 11.9 Å². The van der Waals surface area contributed by atoms with Crippen molar-refractivity contribution in [2.45, 2.75) is 57.4 Å². The number of hydrogen-bond donors (Lipinski definition) is 1. The Balaban J connectivity index is 1.92. The van der Waals surface area contributed by atoms with Gasteiger partial charge in [0.05, 0.1) is 10.5 Å². The maximum Gasteiger partial charge on any atom is 0.258 e. The van der Waals surface area contributed by atoms with Gasteiger partial charge in [0.2, 0.25) is 10.0 Å². The highest BCUT2D eigenvalue weighted by molar-refractivity contribution is 7.89. The van der Waals surface area contributed by atoms with E-state index in [1.165, 1.54) is 10.4 Å². The van der Waals surface area contributed by atoms with Gasteiger partial charge in [-0.2, -0.15) is 4.31 Å². The molecule has 0 unspecified atom stereocenters. The van der Waals surface area contributed by atoms with Gasteiger partial charge in [0.15, 0.2) is 0 Å². The summed E-state index contributed by atoms with van der Waals surface area (Å²) in [6.07, 6.45) is 3.34. The van der Waals surface area contributed by atoms with Crippen molar-refractivity contribution in [1.29, 1.82) is 0 Å². The summed E-state index contributed by atoms with van der Waals surface area (Å²) >= 11 is 0. The van der Waals surface area contributed by atoms with Crippen LogP contribution < -0.4 is 5.32 Å². The van der Waals surface area contributed by atoms with Crippen LogP contribution in [0.1, 0.15) is 54.1 Å². The third kappa shape index (κ3) is 4.67. The summed E-state index contributed by atoms with van der Waals surface area (Å²) in [5.74, 6) is -1.42.